The number of rotatable bonds is 3. The quantitative estimate of drug-likeness (QED) is 0.897. The molecule has 0 radical (unpaired) electrons. The van der Waals surface area contributed by atoms with Gasteiger partial charge in [-0.1, -0.05) is 18.2 Å². The number of aliphatic hydroxyl groups is 1. The molecule has 0 spiro atoms. The molecule has 2 N–H and O–H groups in total. The van der Waals surface area contributed by atoms with E-state index in [-0.39, 0.29) is 18.6 Å². The first kappa shape index (κ1) is 14.0. The van der Waals surface area contributed by atoms with E-state index >= 15 is 0 Å². The van der Waals surface area contributed by atoms with Crippen LogP contribution < -0.4 is 5.32 Å². The summed E-state index contributed by atoms with van der Waals surface area (Å²) in [7, 11) is 0. The van der Waals surface area contributed by atoms with Gasteiger partial charge in [0.2, 0.25) is 0 Å². The van der Waals surface area contributed by atoms with Crippen LogP contribution in [-0.2, 0) is 4.74 Å². The first-order valence-corrected chi connectivity index (χ1v) is 7.06. The van der Waals surface area contributed by atoms with Crippen molar-refractivity contribution in [3.63, 3.8) is 0 Å². The second-order valence-corrected chi connectivity index (χ2v) is 5.43. The van der Waals surface area contributed by atoms with Gasteiger partial charge in [-0.25, -0.2) is 0 Å². The van der Waals surface area contributed by atoms with Crippen molar-refractivity contribution in [1.82, 2.24) is 10.3 Å². The first-order chi connectivity index (χ1) is 10.1. The summed E-state index contributed by atoms with van der Waals surface area (Å²) in [5, 5.41) is 14.1. The molecule has 5 heteroatoms. The Kier molecular flexibility index (Phi) is 3.61. The third-order valence-electron chi connectivity index (χ3n) is 4.09. The van der Waals surface area contributed by atoms with Gasteiger partial charge in [-0.3, -0.25) is 9.78 Å². The van der Waals surface area contributed by atoms with Gasteiger partial charge in [0.15, 0.2) is 0 Å². The van der Waals surface area contributed by atoms with Crippen LogP contribution in [0, 0.1) is 0 Å². The zero-order chi connectivity index (χ0) is 14.9. The van der Waals surface area contributed by atoms with E-state index in [9.17, 15) is 9.90 Å². The molecule has 1 aromatic heterocycles. The van der Waals surface area contributed by atoms with Gasteiger partial charge >= 0.3 is 0 Å². The topological polar surface area (TPSA) is 71.5 Å². The van der Waals surface area contributed by atoms with Gasteiger partial charge in [-0.2, -0.15) is 0 Å². The Morgan fingerprint density at radius 3 is 3.05 bits per heavy atom. The maximum atomic E-state index is 12.4. The third-order valence-corrected chi connectivity index (χ3v) is 4.09. The summed E-state index contributed by atoms with van der Waals surface area (Å²) in [6.45, 7) is 2.51. The Morgan fingerprint density at radius 1 is 1.48 bits per heavy atom. The van der Waals surface area contributed by atoms with Gasteiger partial charge in [0.1, 0.15) is 5.60 Å². The Hall–Kier alpha value is -1.98. The van der Waals surface area contributed by atoms with Gasteiger partial charge in [-0.05, 0) is 19.1 Å². The molecular weight excluding hydrogens is 268 g/mol. The number of ether oxygens (including phenoxy) is 1. The lowest BCUT2D eigenvalue weighted by Crippen LogP contribution is -2.47. The molecule has 1 aliphatic heterocycles. The highest BCUT2D eigenvalue weighted by Crippen LogP contribution is 2.25. The van der Waals surface area contributed by atoms with Crippen LogP contribution in [-0.4, -0.2) is 40.9 Å². The summed E-state index contributed by atoms with van der Waals surface area (Å²) in [5.74, 6) is -0.230. The molecule has 1 saturated heterocycles. The lowest BCUT2D eigenvalue weighted by Gasteiger charge is -2.26. The van der Waals surface area contributed by atoms with Gasteiger partial charge in [-0.15, -0.1) is 0 Å². The molecule has 0 bridgehead atoms. The van der Waals surface area contributed by atoms with Crippen LogP contribution in [0.15, 0.2) is 36.5 Å². The summed E-state index contributed by atoms with van der Waals surface area (Å²) < 4.78 is 5.36. The lowest BCUT2D eigenvalue weighted by atomic mass is 9.96. The van der Waals surface area contributed by atoms with Gasteiger partial charge in [0.25, 0.3) is 5.91 Å². The fourth-order valence-corrected chi connectivity index (χ4v) is 2.62. The van der Waals surface area contributed by atoms with Crippen molar-refractivity contribution in [3.05, 3.63) is 42.1 Å². The normalized spacial score (nSPS) is 25.1. The van der Waals surface area contributed by atoms with Gasteiger partial charge < -0.3 is 15.2 Å². The predicted octanol–water partition coefficient (Wildman–Crippen LogP) is 1.50. The minimum absolute atomic E-state index is 0.177. The summed E-state index contributed by atoms with van der Waals surface area (Å²) in [6.07, 6.45) is 1.92. The van der Waals surface area contributed by atoms with E-state index in [1.807, 2.05) is 31.2 Å². The van der Waals surface area contributed by atoms with Crippen molar-refractivity contribution in [2.75, 3.05) is 13.2 Å². The average molecular weight is 286 g/mol. The van der Waals surface area contributed by atoms with E-state index in [4.69, 9.17) is 4.74 Å². The number of pyridine rings is 1. The molecule has 2 atom stereocenters. The summed E-state index contributed by atoms with van der Waals surface area (Å²) in [5.41, 5.74) is 0.191. The molecule has 2 aromatic rings. The molecule has 1 aliphatic rings. The second-order valence-electron chi connectivity index (χ2n) is 5.43. The van der Waals surface area contributed by atoms with Crippen LogP contribution in [0.3, 0.4) is 0 Å². The maximum absolute atomic E-state index is 12.4. The Balaban J connectivity index is 1.79. The van der Waals surface area contributed by atoms with Crippen molar-refractivity contribution < 1.29 is 14.6 Å². The van der Waals surface area contributed by atoms with E-state index in [2.05, 4.69) is 10.3 Å². The molecule has 3 rings (SSSR count). The Morgan fingerprint density at radius 2 is 2.29 bits per heavy atom. The number of hydrogen-bond acceptors (Lipinski definition) is 4. The zero-order valence-corrected chi connectivity index (χ0v) is 11.9. The number of aromatic nitrogens is 1. The predicted molar refractivity (Wildman–Crippen MR) is 79.1 cm³/mol. The van der Waals surface area contributed by atoms with Crippen molar-refractivity contribution >= 4 is 16.8 Å². The molecule has 2 heterocycles. The van der Waals surface area contributed by atoms with Crippen molar-refractivity contribution in [1.29, 1.82) is 0 Å². The molecule has 0 saturated carbocycles. The van der Waals surface area contributed by atoms with E-state index in [1.165, 1.54) is 0 Å². The lowest BCUT2D eigenvalue weighted by molar-refractivity contribution is -0.0251. The number of benzene rings is 1. The van der Waals surface area contributed by atoms with Crippen LogP contribution in [0.1, 0.15) is 23.7 Å². The number of hydrogen-bond donors (Lipinski definition) is 2. The van der Waals surface area contributed by atoms with Crippen molar-refractivity contribution in [3.8, 4) is 0 Å². The van der Waals surface area contributed by atoms with Crippen LogP contribution in [0.2, 0.25) is 0 Å². The highest BCUT2D eigenvalue weighted by Gasteiger charge is 2.39. The Labute approximate surface area is 123 Å². The average Bonchev–Trinajstić information content (AvgIpc) is 2.84. The monoisotopic (exact) mass is 286 g/mol. The summed E-state index contributed by atoms with van der Waals surface area (Å²) in [6, 6.07) is 9.24. The van der Waals surface area contributed by atoms with E-state index < -0.39 is 5.60 Å². The first-order valence-electron chi connectivity index (χ1n) is 7.06. The number of carbonyl (C=O) groups is 1. The van der Waals surface area contributed by atoms with E-state index in [0.717, 1.165) is 5.39 Å². The van der Waals surface area contributed by atoms with Crippen molar-refractivity contribution in [2.24, 2.45) is 0 Å². The van der Waals surface area contributed by atoms with Crippen LogP contribution in [0.5, 0.6) is 0 Å². The molecule has 1 aromatic carbocycles. The molecule has 1 fully saturated rings. The Bertz CT molecular complexity index is 668. The third kappa shape index (κ3) is 2.62. The highest BCUT2D eigenvalue weighted by molar-refractivity contribution is 6.05. The minimum Gasteiger partial charge on any atom is -0.385 e. The van der Waals surface area contributed by atoms with Gasteiger partial charge in [0.05, 0.1) is 17.2 Å². The number of para-hydroxylation sites is 1. The smallest absolute Gasteiger partial charge is 0.253 e. The van der Waals surface area contributed by atoms with Crippen LogP contribution >= 0.6 is 0 Å². The zero-order valence-electron chi connectivity index (χ0n) is 11.9. The second kappa shape index (κ2) is 5.42. The fraction of sp³-hybridized carbons (Fsp3) is 0.375. The molecular formula is C16H18N2O3. The number of fused-ring (bicyclic) bond motifs is 1. The molecule has 110 valence electrons. The molecule has 5 nitrogen and oxygen atoms in total. The number of nitrogens with one attached hydrogen (secondary N) is 1. The standard InChI is InChI=1S/C16H18N2O3/c1-11-16(20,7-9-21-11)10-18-15(19)13-6-2-4-12-5-3-8-17-14(12)13/h2-6,8,11,20H,7,9-10H2,1H3,(H,18,19). The molecule has 21 heavy (non-hydrogen) atoms. The van der Waals surface area contributed by atoms with E-state index in [0.29, 0.717) is 24.1 Å². The number of carbonyl (C=O) groups excluding carboxylic acids is 1. The maximum Gasteiger partial charge on any atom is 0.253 e. The summed E-state index contributed by atoms with van der Waals surface area (Å²) >= 11 is 0. The van der Waals surface area contributed by atoms with Gasteiger partial charge in [0, 0.05) is 31.2 Å². The number of amides is 1. The number of nitrogens with zero attached hydrogens (tertiary/aromatic N) is 1. The van der Waals surface area contributed by atoms with Crippen LogP contribution in [0.4, 0.5) is 0 Å². The largest absolute Gasteiger partial charge is 0.385 e. The molecule has 1 amide bonds. The summed E-state index contributed by atoms with van der Waals surface area (Å²) in [4.78, 5) is 16.6. The minimum atomic E-state index is -0.992. The van der Waals surface area contributed by atoms with Crippen molar-refractivity contribution in [2.45, 2.75) is 25.0 Å². The fourth-order valence-electron chi connectivity index (χ4n) is 2.62. The molecule has 2 unspecified atom stereocenters. The van der Waals surface area contributed by atoms with Crippen LogP contribution in [0.25, 0.3) is 10.9 Å². The van der Waals surface area contributed by atoms with E-state index in [1.54, 1.807) is 12.3 Å². The highest BCUT2D eigenvalue weighted by atomic mass is 16.5. The molecule has 0 aliphatic carbocycles. The SMILES string of the molecule is CC1OCCC1(O)CNC(=O)c1cccc2cccnc12.